The summed E-state index contributed by atoms with van der Waals surface area (Å²) in [5, 5.41) is 17.6. The minimum atomic E-state index is -0.797. The lowest BCUT2D eigenvalue weighted by atomic mass is 10.0. The smallest absolute Gasteiger partial charge is 0.303 e. The van der Waals surface area contributed by atoms with E-state index in [4.69, 9.17) is 10.2 Å². The van der Waals surface area contributed by atoms with Crippen LogP contribution in [0.3, 0.4) is 0 Å². The zero-order chi connectivity index (χ0) is 17.1. The lowest BCUT2D eigenvalue weighted by molar-refractivity contribution is -0.138. The van der Waals surface area contributed by atoms with Gasteiger partial charge in [0.25, 0.3) is 0 Å². The van der Waals surface area contributed by atoms with Crippen LogP contribution >= 0.6 is 50.5 Å². The summed E-state index contributed by atoms with van der Waals surface area (Å²) in [5.74, 6) is -1.59. The maximum atomic E-state index is 10.5. The van der Waals surface area contributed by atoms with Gasteiger partial charge in [0.05, 0.1) is 0 Å². The van der Waals surface area contributed by atoms with E-state index in [0.717, 1.165) is 25.7 Å². The molecule has 0 saturated carbocycles. The van der Waals surface area contributed by atoms with Crippen molar-refractivity contribution in [2.45, 2.75) is 72.4 Å². The molecule has 4 nitrogen and oxygen atoms in total. The van der Waals surface area contributed by atoms with Crippen LogP contribution in [0.4, 0.5) is 0 Å². The van der Waals surface area contributed by atoms with Gasteiger partial charge in [0.2, 0.25) is 0 Å². The molecule has 0 aromatic rings. The van der Waals surface area contributed by atoms with Crippen LogP contribution in [0.1, 0.15) is 51.4 Å². The third-order valence-corrected chi connectivity index (χ3v) is 5.92. The highest BCUT2D eigenvalue weighted by atomic mass is 32.1. The summed E-state index contributed by atoms with van der Waals surface area (Å²) in [4.78, 5) is 21.0. The molecule has 0 heterocycles. The highest BCUT2D eigenvalue weighted by Gasteiger charge is 2.17. The van der Waals surface area contributed by atoms with E-state index in [0.29, 0.717) is 12.8 Å². The number of thiol groups is 4. The van der Waals surface area contributed by atoms with Crippen molar-refractivity contribution in [1.82, 2.24) is 0 Å². The molecule has 0 rings (SSSR count). The third-order valence-electron chi connectivity index (χ3n) is 3.42. The van der Waals surface area contributed by atoms with Crippen LogP contribution in [0.2, 0.25) is 0 Å². The van der Waals surface area contributed by atoms with Crippen LogP contribution in [0.25, 0.3) is 0 Å². The minimum absolute atomic E-state index is 0.0690. The lowest BCUT2D eigenvalue weighted by Gasteiger charge is -2.21. The zero-order valence-electron chi connectivity index (χ0n) is 12.5. The molecule has 0 spiro atoms. The molecule has 0 bridgehead atoms. The van der Waals surface area contributed by atoms with Crippen LogP contribution in [0.15, 0.2) is 0 Å². The average Bonchev–Trinajstić information content (AvgIpc) is 2.45. The number of hydrogen-bond acceptors (Lipinski definition) is 6. The van der Waals surface area contributed by atoms with E-state index in [-0.39, 0.29) is 33.8 Å². The van der Waals surface area contributed by atoms with E-state index < -0.39 is 11.9 Å². The summed E-state index contributed by atoms with van der Waals surface area (Å²) >= 11 is 17.9. The number of aliphatic carboxylic acids is 2. The first kappa shape index (κ1) is 22.3. The van der Waals surface area contributed by atoms with Crippen molar-refractivity contribution in [1.29, 1.82) is 0 Å². The number of carboxylic acids is 2. The Bertz CT molecular complexity index is 309. The molecule has 0 amide bonds. The van der Waals surface area contributed by atoms with Gasteiger partial charge in [-0.25, -0.2) is 0 Å². The Hall–Kier alpha value is 0.340. The molecule has 130 valence electrons. The molecule has 4 atom stereocenters. The number of carbonyl (C=O) groups is 2. The van der Waals surface area contributed by atoms with E-state index in [1.807, 2.05) is 0 Å². The monoisotopic (exact) mass is 386 g/mol. The van der Waals surface area contributed by atoms with E-state index in [1.54, 1.807) is 0 Å². The Morgan fingerprint density at radius 1 is 0.636 bits per heavy atom. The van der Waals surface area contributed by atoms with Gasteiger partial charge in [0.15, 0.2) is 0 Å². The lowest BCUT2D eigenvalue weighted by Crippen LogP contribution is -2.19. The molecule has 0 fully saturated rings. The topological polar surface area (TPSA) is 74.6 Å². The van der Waals surface area contributed by atoms with Crippen molar-refractivity contribution >= 4 is 62.5 Å². The SMILES string of the molecule is O=C(O)CCC(S)CCC(S)C(S)CCC(S)CCC(=O)O. The summed E-state index contributed by atoms with van der Waals surface area (Å²) in [5.41, 5.74) is 0. The highest BCUT2D eigenvalue weighted by Crippen LogP contribution is 2.24. The molecule has 22 heavy (non-hydrogen) atoms. The van der Waals surface area contributed by atoms with Crippen molar-refractivity contribution in [3.8, 4) is 0 Å². The highest BCUT2D eigenvalue weighted by molar-refractivity contribution is 7.85. The summed E-state index contributed by atoms with van der Waals surface area (Å²) in [6.07, 6.45) is 4.68. The first-order chi connectivity index (χ1) is 10.2. The second-order valence-corrected chi connectivity index (χ2v) is 8.25. The molecule has 2 N–H and O–H groups in total. The molecule has 0 radical (unpaired) electrons. The molecule has 4 unspecified atom stereocenters. The van der Waals surface area contributed by atoms with Gasteiger partial charge in [-0.15, -0.1) is 0 Å². The molecule has 8 heteroatoms. The maximum Gasteiger partial charge on any atom is 0.303 e. The van der Waals surface area contributed by atoms with E-state index >= 15 is 0 Å². The molecular formula is C14H26O4S4. The fraction of sp³-hybridized carbons (Fsp3) is 0.857. The van der Waals surface area contributed by atoms with Crippen molar-refractivity contribution in [3.63, 3.8) is 0 Å². The first-order valence-electron chi connectivity index (χ1n) is 7.38. The largest absolute Gasteiger partial charge is 0.481 e. The van der Waals surface area contributed by atoms with Gasteiger partial charge in [0.1, 0.15) is 0 Å². The minimum Gasteiger partial charge on any atom is -0.481 e. The van der Waals surface area contributed by atoms with Gasteiger partial charge in [-0.05, 0) is 38.5 Å². The van der Waals surface area contributed by atoms with Gasteiger partial charge >= 0.3 is 11.9 Å². The standard InChI is InChI=1S/C14H26O4S4/c15-13(16)7-3-9(19)1-5-11(21)12(22)6-2-10(20)4-8-14(17)18/h9-12,19-22H,1-8H2,(H,15,16)(H,17,18). The van der Waals surface area contributed by atoms with Gasteiger partial charge in [-0.2, -0.15) is 50.5 Å². The van der Waals surface area contributed by atoms with Crippen molar-refractivity contribution in [2.24, 2.45) is 0 Å². The van der Waals surface area contributed by atoms with Gasteiger partial charge in [-0.1, -0.05) is 0 Å². The molecule has 0 aromatic heterocycles. The van der Waals surface area contributed by atoms with Gasteiger partial charge < -0.3 is 10.2 Å². The van der Waals surface area contributed by atoms with Gasteiger partial charge in [0, 0.05) is 33.8 Å². The Balaban J connectivity index is 3.84. The fourth-order valence-corrected chi connectivity index (χ4v) is 3.13. The Morgan fingerprint density at radius 2 is 0.955 bits per heavy atom. The summed E-state index contributed by atoms with van der Waals surface area (Å²) in [6, 6.07) is 0. The molecule has 0 saturated heterocycles. The molecule has 0 aliphatic carbocycles. The molecule has 0 aliphatic rings. The number of rotatable bonds is 13. The van der Waals surface area contributed by atoms with Crippen LogP contribution in [0.5, 0.6) is 0 Å². The summed E-state index contributed by atoms with van der Waals surface area (Å²) < 4.78 is 0. The first-order valence-corrected chi connectivity index (χ1v) is 9.44. The number of carboxylic acid groups (broad SMARTS) is 2. The van der Waals surface area contributed by atoms with Crippen LogP contribution in [-0.4, -0.2) is 43.2 Å². The van der Waals surface area contributed by atoms with Crippen molar-refractivity contribution in [2.75, 3.05) is 0 Å². The Morgan fingerprint density at radius 3 is 1.23 bits per heavy atom. The molecule has 0 aliphatic heterocycles. The maximum absolute atomic E-state index is 10.5. The predicted molar refractivity (Wildman–Crippen MR) is 103 cm³/mol. The van der Waals surface area contributed by atoms with Crippen molar-refractivity contribution < 1.29 is 19.8 Å². The number of hydrogen-bond donors (Lipinski definition) is 6. The average molecular weight is 387 g/mol. The summed E-state index contributed by atoms with van der Waals surface area (Å²) in [7, 11) is 0. The normalized spacial score (nSPS) is 16.7. The van der Waals surface area contributed by atoms with E-state index in [1.165, 1.54) is 0 Å². The Kier molecular flexibility index (Phi) is 12.9. The predicted octanol–water partition coefficient (Wildman–Crippen LogP) is 3.47. The third kappa shape index (κ3) is 12.8. The molecule has 0 aromatic carbocycles. The fourth-order valence-electron chi connectivity index (χ4n) is 1.98. The van der Waals surface area contributed by atoms with E-state index in [9.17, 15) is 9.59 Å². The van der Waals surface area contributed by atoms with Crippen LogP contribution in [0, 0.1) is 0 Å². The van der Waals surface area contributed by atoms with E-state index in [2.05, 4.69) is 50.5 Å². The Labute approximate surface area is 154 Å². The van der Waals surface area contributed by atoms with Crippen molar-refractivity contribution in [3.05, 3.63) is 0 Å². The second-order valence-electron chi connectivity index (χ2n) is 5.46. The zero-order valence-corrected chi connectivity index (χ0v) is 16.0. The van der Waals surface area contributed by atoms with Crippen LogP contribution < -0.4 is 0 Å². The van der Waals surface area contributed by atoms with Crippen LogP contribution in [-0.2, 0) is 9.59 Å². The second kappa shape index (κ2) is 12.7. The quantitative estimate of drug-likeness (QED) is 0.274. The summed E-state index contributed by atoms with van der Waals surface area (Å²) in [6.45, 7) is 0. The molecular weight excluding hydrogens is 360 g/mol. The van der Waals surface area contributed by atoms with Gasteiger partial charge in [-0.3, -0.25) is 9.59 Å².